The van der Waals surface area contributed by atoms with Gasteiger partial charge < -0.3 is 4.90 Å². The molecule has 2 rings (SSSR count). The molecule has 0 unspecified atom stereocenters. The first-order valence-electron chi connectivity index (χ1n) is 6.30. The van der Waals surface area contributed by atoms with Crippen LogP contribution in [0, 0.1) is 5.82 Å². The Morgan fingerprint density at radius 2 is 1.81 bits per heavy atom. The van der Waals surface area contributed by atoms with E-state index < -0.39 is 18.5 Å². The van der Waals surface area contributed by atoms with E-state index in [0.717, 1.165) is 0 Å². The summed E-state index contributed by atoms with van der Waals surface area (Å²) in [6.45, 7) is -0.287. The molecular formula is C13H13BrF4N2O. The lowest BCUT2D eigenvalue weighted by molar-refractivity contribution is -0.148. The summed E-state index contributed by atoms with van der Waals surface area (Å²) >= 11 is 3.02. The standard InChI is InChI=1S/C13H13BrF4N2O/c14-11-9(2-1-3-10(11)15)12(21)20-6-4-19(5-7-20)8-13(16,17)18/h1-3H,4-8H2. The molecule has 3 nitrogen and oxygen atoms in total. The maximum Gasteiger partial charge on any atom is 0.401 e. The summed E-state index contributed by atoms with van der Waals surface area (Å²) < 4.78 is 50.3. The third kappa shape index (κ3) is 4.16. The Morgan fingerprint density at radius 3 is 2.38 bits per heavy atom. The second-order valence-corrected chi connectivity index (χ2v) is 5.58. The fourth-order valence-corrected chi connectivity index (χ4v) is 2.64. The van der Waals surface area contributed by atoms with Crippen molar-refractivity contribution in [2.24, 2.45) is 0 Å². The summed E-state index contributed by atoms with van der Waals surface area (Å²) in [7, 11) is 0. The van der Waals surface area contributed by atoms with Gasteiger partial charge in [-0.15, -0.1) is 0 Å². The van der Waals surface area contributed by atoms with Crippen LogP contribution < -0.4 is 0 Å². The molecule has 1 aromatic rings. The van der Waals surface area contributed by atoms with Gasteiger partial charge in [-0.1, -0.05) is 6.07 Å². The lowest BCUT2D eigenvalue weighted by atomic mass is 10.1. The molecule has 0 bridgehead atoms. The molecule has 116 valence electrons. The molecule has 8 heteroatoms. The predicted molar refractivity (Wildman–Crippen MR) is 72.5 cm³/mol. The number of carbonyl (C=O) groups is 1. The van der Waals surface area contributed by atoms with Crippen molar-refractivity contribution < 1.29 is 22.4 Å². The quantitative estimate of drug-likeness (QED) is 0.749. The van der Waals surface area contributed by atoms with Crippen molar-refractivity contribution in [1.29, 1.82) is 0 Å². The predicted octanol–water partition coefficient (Wildman–Crippen LogP) is 2.91. The molecular weight excluding hydrogens is 356 g/mol. The topological polar surface area (TPSA) is 23.6 Å². The highest BCUT2D eigenvalue weighted by Crippen LogP contribution is 2.23. The van der Waals surface area contributed by atoms with Gasteiger partial charge in [-0.2, -0.15) is 13.2 Å². The van der Waals surface area contributed by atoms with Crippen LogP contribution in [0.15, 0.2) is 22.7 Å². The molecule has 21 heavy (non-hydrogen) atoms. The Bertz CT molecular complexity index is 527. The van der Waals surface area contributed by atoms with E-state index in [2.05, 4.69) is 15.9 Å². The number of halogens is 5. The minimum absolute atomic E-state index is 0.0766. The van der Waals surface area contributed by atoms with E-state index in [4.69, 9.17) is 0 Å². The maximum atomic E-state index is 13.4. The van der Waals surface area contributed by atoms with E-state index in [1.165, 1.54) is 28.0 Å². The van der Waals surface area contributed by atoms with Crippen LogP contribution in [0.1, 0.15) is 10.4 Å². The number of hydrogen-bond donors (Lipinski definition) is 0. The van der Waals surface area contributed by atoms with Gasteiger partial charge in [0, 0.05) is 26.2 Å². The summed E-state index contributed by atoms with van der Waals surface area (Å²) in [5, 5.41) is 0. The van der Waals surface area contributed by atoms with Crippen LogP contribution in [0.3, 0.4) is 0 Å². The number of nitrogens with zero attached hydrogens (tertiary/aromatic N) is 2. The van der Waals surface area contributed by atoms with Gasteiger partial charge in [0.2, 0.25) is 0 Å². The highest BCUT2D eigenvalue weighted by molar-refractivity contribution is 9.10. The van der Waals surface area contributed by atoms with E-state index in [1.807, 2.05) is 0 Å². The van der Waals surface area contributed by atoms with Crippen LogP contribution in [0.2, 0.25) is 0 Å². The lowest BCUT2D eigenvalue weighted by Crippen LogP contribution is -2.51. The van der Waals surface area contributed by atoms with Gasteiger partial charge in [0.25, 0.3) is 5.91 Å². The van der Waals surface area contributed by atoms with Crippen molar-refractivity contribution in [3.8, 4) is 0 Å². The fraction of sp³-hybridized carbons (Fsp3) is 0.462. The number of piperazine rings is 1. The van der Waals surface area contributed by atoms with Crippen molar-refractivity contribution in [1.82, 2.24) is 9.80 Å². The molecule has 0 N–H and O–H groups in total. The molecule has 0 atom stereocenters. The van der Waals surface area contributed by atoms with Gasteiger partial charge in [-0.05, 0) is 28.1 Å². The van der Waals surface area contributed by atoms with E-state index >= 15 is 0 Å². The first-order chi connectivity index (χ1) is 9.78. The summed E-state index contributed by atoms with van der Waals surface area (Å²) in [5.74, 6) is -0.926. The van der Waals surface area contributed by atoms with Crippen LogP contribution in [0.5, 0.6) is 0 Å². The Labute approximate surface area is 127 Å². The molecule has 1 fully saturated rings. The first kappa shape index (κ1) is 16.2. The molecule has 1 aliphatic heterocycles. The molecule has 1 heterocycles. The summed E-state index contributed by atoms with van der Waals surface area (Å²) in [4.78, 5) is 14.9. The SMILES string of the molecule is O=C(c1cccc(F)c1Br)N1CCN(CC(F)(F)F)CC1. The number of rotatable bonds is 2. The lowest BCUT2D eigenvalue weighted by Gasteiger charge is -2.35. The van der Waals surface area contributed by atoms with Crippen molar-refractivity contribution in [3.63, 3.8) is 0 Å². The monoisotopic (exact) mass is 368 g/mol. The molecule has 1 aliphatic rings. The van der Waals surface area contributed by atoms with Crippen LogP contribution >= 0.6 is 15.9 Å². The Hall–Kier alpha value is -1.15. The third-order valence-electron chi connectivity index (χ3n) is 3.24. The summed E-state index contributed by atoms with van der Waals surface area (Å²) in [6.07, 6.45) is -4.24. The number of alkyl halides is 3. The molecule has 0 saturated carbocycles. The summed E-state index contributed by atoms with van der Waals surface area (Å²) in [6, 6.07) is 4.13. The van der Waals surface area contributed by atoms with Crippen LogP contribution in [-0.4, -0.2) is 54.6 Å². The van der Waals surface area contributed by atoms with Crippen molar-refractivity contribution in [2.75, 3.05) is 32.7 Å². The number of hydrogen-bond acceptors (Lipinski definition) is 2. The zero-order chi connectivity index (χ0) is 15.6. The highest BCUT2D eigenvalue weighted by atomic mass is 79.9. The minimum atomic E-state index is -4.24. The average Bonchev–Trinajstić information content (AvgIpc) is 2.40. The molecule has 0 aromatic heterocycles. The van der Waals surface area contributed by atoms with Gasteiger partial charge in [-0.3, -0.25) is 9.69 Å². The maximum absolute atomic E-state index is 13.4. The van der Waals surface area contributed by atoms with Crippen LogP contribution in [0.25, 0.3) is 0 Å². The van der Waals surface area contributed by atoms with Gasteiger partial charge in [-0.25, -0.2) is 4.39 Å². The number of carbonyl (C=O) groups excluding carboxylic acids is 1. The van der Waals surface area contributed by atoms with E-state index in [0.29, 0.717) is 0 Å². The average molecular weight is 369 g/mol. The van der Waals surface area contributed by atoms with Crippen molar-refractivity contribution in [2.45, 2.75) is 6.18 Å². The van der Waals surface area contributed by atoms with Gasteiger partial charge in [0.15, 0.2) is 0 Å². The van der Waals surface area contributed by atoms with Gasteiger partial charge in [0.1, 0.15) is 5.82 Å². The second kappa shape index (κ2) is 6.31. The van der Waals surface area contributed by atoms with Gasteiger partial charge in [0.05, 0.1) is 16.6 Å². The highest BCUT2D eigenvalue weighted by Gasteiger charge is 2.33. The zero-order valence-electron chi connectivity index (χ0n) is 11.0. The Kier molecular flexibility index (Phi) is 4.88. The molecule has 0 radical (unpaired) electrons. The molecule has 1 aromatic carbocycles. The normalized spacial score (nSPS) is 17.1. The second-order valence-electron chi connectivity index (χ2n) is 4.78. The number of benzene rings is 1. The largest absolute Gasteiger partial charge is 0.401 e. The van der Waals surface area contributed by atoms with E-state index in [9.17, 15) is 22.4 Å². The zero-order valence-corrected chi connectivity index (χ0v) is 12.5. The van der Waals surface area contributed by atoms with E-state index in [-0.39, 0.29) is 42.1 Å². The smallest absolute Gasteiger partial charge is 0.336 e. The molecule has 0 spiro atoms. The Balaban J connectivity index is 1.99. The Morgan fingerprint density at radius 1 is 1.19 bits per heavy atom. The third-order valence-corrected chi connectivity index (χ3v) is 4.05. The molecule has 1 saturated heterocycles. The molecule has 0 aliphatic carbocycles. The van der Waals surface area contributed by atoms with Crippen molar-refractivity contribution >= 4 is 21.8 Å². The van der Waals surface area contributed by atoms with Gasteiger partial charge >= 0.3 is 6.18 Å². The van der Waals surface area contributed by atoms with Crippen LogP contribution in [-0.2, 0) is 0 Å². The fourth-order valence-electron chi connectivity index (χ4n) is 2.20. The number of amides is 1. The summed E-state index contributed by atoms with van der Waals surface area (Å²) in [5.41, 5.74) is 0.180. The van der Waals surface area contributed by atoms with E-state index in [1.54, 1.807) is 0 Å². The minimum Gasteiger partial charge on any atom is -0.336 e. The van der Waals surface area contributed by atoms with Crippen molar-refractivity contribution in [3.05, 3.63) is 34.1 Å². The molecule has 1 amide bonds. The first-order valence-corrected chi connectivity index (χ1v) is 7.09. The van der Waals surface area contributed by atoms with Crippen LogP contribution in [0.4, 0.5) is 17.6 Å².